The highest BCUT2D eigenvalue weighted by molar-refractivity contribution is 9.10. The fraction of sp³-hybridized carbons (Fsp3) is 0.455. The van der Waals surface area contributed by atoms with E-state index in [1.807, 2.05) is 12.1 Å². The number of aliphatic hydroxyl groups is 1. The molecule has 0 aromatic heterocycles. The molecule has 0 saturated carbocycles. The second kappa shape index (κ2) is 5.07. The maximum absolute atomic E-state index is 9.52. The number of aliphatic hydroxyl groups excluding tert-OH is 1. The molecule has 1 aromatic carbocycles. The Labute approximate surface area is 97.6 Å². The van der Waals surface area contributed by atoms with Crippen LogP contribution in [0.4, 0.5) is 0 Å². The minimum absolute atomic E-state index is 0.0592. The molecular formula is C11H14BrNO2. The number of nitrogens with one attached hydrogen (secondary N) is 1. The standard InChI is InChI=1S/C11H14BrNO2/c12-9-3-1-2-8(4-9)5-13-10-6-15-7-11(10)14/h1-4,10-11,13-14H,5-7H2. The van der Waals surface area contributed by atoms with Gasteiger partial charge in [0.15, 0.2) is 0 Å². The molecule has 0 spiro atoms. The monoisotopic (exact) mass is 271 g/mol. The lowest BCUT2D eigenvalue weighted by atomic mass is 10.2. The van der Waals surface area contributed by atoms with Gasteiger partial charge in [-0.25, -0.2) is 0 Å². The predicted molar refractivity (Wildman–Crippen MR) is 61.6 cm³/mol. The van der Waals surface area contributed by atoms with Gasteiger partial charge in [-0.05, 0) is 17.7 Å². The van der Waals surface area contributed by atoms with Crippen molar-refractivity contribution in [3.05, 3.63) is 34.3 Å². The molecule has 0 radical (unpaired) electrons. The van der Waals surface area contributed by atoms with Crippen LogP contribution in [-0.4, -0.2) is 30.5 Å². The summed E-state index contributed by atoms with van der Waals surface area (Å²) in [5.41, 5.74) is 1.20. The van der Waals surface area contributed by atoms with Gasteiger partial charge in [0.2, 0.25) is 0 Å². The van der Waals surface area contributed by atoms with Gasteiger partial charge in [0.1, 0.15) is 0 Å². The molecular weight excluding hydrogens is 258 g/mol. The SMILES string of the molecule is OC1COCC1NCc1cccc(Br)c1. The van der Waals surface area contributed by atoms with Crippen LogP contribution in [0, 0.1) is 0 Å². The Morgan fingerprint density at radius 1 is 1.47 bits per heavy atom. The molecule has 2 unspecified atom stereocenters. The highest BCUT2D eigenvalue weighted by atomic mass is 79.9. The lowest BCUT2D eigenvalue weighted by Gasteiger charge is -2.14. The first-order valence-corrected chi connectivity index (χ1v) is 5.78. The van der Waals surface area contributed by atoms with Gasteiger partial charge in [0.05, 0.1) is 25.4 Å². The molecule has 15 heavy (non-hydrogen) atoms. The number of hydrogen-bond acceptors (Lipinski definition) is 3. The van der Waals surface area contributed by atoms with Gasteiger partial charge >= 0.3 is 0 Å². The number of halogens is 1. The van der Waals surface area contributed by atoms with Crippen molar-refractivity contribution < 1.29 is 9.84 Å². The molecule has 1 heterocycles. The maximum Gasteiger partial charge on any atom is 0.0948 e. The average molecular weight is 272 g/mol. The Bertz CT molecular complexity index is 332. The summed E-state index contributed by atoms with van der Waals surface area (Å²) in [6, 6.07) is 8.18. The molecule has 82 valence electrons. The zero-order valence-electron chi connectivity index (χ0n) is 8.32. The van der Waals surface area contributed by atoms with Gasteiger partial charge < -0.3 is 15.2 Å². The summed E-state index contributed by atoms with van der Waals surface area (Å²) < 4.78 is 6.23. The Balaban J connectivity index is 1.87. The zero-order chi connectivity index (χ0) is 10.7. The van der Waals surface area contributed by atoms with Crippen LogP contribution in [0.15, 0.2) is 28.7 Å². The summed E-state index contributed by atoms with van der Waals surface area (Å²) in [5.74, 6) is 0. The number of hydrogen-bond donors (Lipinski definition) is 2. The predicted octanol–water partition coefficient (Wildman–Crippen LogP) is 1.30. The van der Waals surface area contributed by atoms with Gasteiger partial charge in [-0.3, -0.25) is 0 Å². The fourth-order valence-corrected chi connectivity index (χ4v) is 2.08. The van der Waals surface area contributed by atoms with Crippen LogP contribution in [0.5, 0.6) is 0 Å². The van der Waals surface area contributed by atoms with E-state index in [2.05, 4.69) is 33.4 Å². The van der Waals surface area contributed by atoms with Crippen LogP contribution in [0.3, 0.4) is 0 Å². The number of benzene rings is 1. The van der Waals surface area contributed by atoms with Crippen LogP contribution in [0.1, 0.15) is 5.56 Å². The quantitative estimate of drug-likeness (QED) is 0.871. The van der Waals surface area contributed by atoms with Crippen molar-refractivity contribution in [1.82, 2.24) is 5.32 Å². The first kappa shape index (κ1) is 11.1. The van der Waals surface area contributed by atoms with E-state index in [0.29, 0.717) is 13.2 Å². The molecule has 1 aromatic rings. The molecule has 0 amide bonds. The van der Waals surface area contributed by atoms with Crippen molar-refractivity contribution in [3.63, 3.8) is 0 Å². The molecule has 4 heteroatoms. The lowest BCUT2D eigenvalue weighted by Crippen LogP contribution is -2.38. The maximum atomic E-state index is 9.52. The summed E-state index contributed by atoms with van der Waals surface area (Å²) in [4.78, 5) is 0. The molecule has 2 rings (SSSR count). The second-order valence-corrected chi connectivity index (χ2v) is 4.64. The van der Waals surface area contributed by atoms with Crippen molar-refractivity contribution in [2.24, 2.45) is 0 Å². The molecule has 0 aliphatic carbocycles. The number of ether oxygens (including phenoxy) is 1. The van der Waals surface area contributed by atoms with E-state index in [9.17, 15) is 5.11 Å². The molecule has 1 saturated heterocycles. The van der Waals surface area contributed by atoms with Crippen LogP contribution in [0.25, 0.3) is 0 Å². The summed E-state index contributed by atoms with van der Waals surface area (Å²) in [7, 11) is 0. The highest BCUT2D eigenvalue weighted by Crippen LogP contribution is 2.12. The molecule has 1 fully saturated rings. The van der Waals surface area contributed by atoms with Crippen molar-refractivity contribution in [2.45, 2.75) is 18.7 Å². The lowest BCUT2D eigenvalue weighted by molar-refractivity contribution is 0.122. The van der Waals surface area contributed by atoms with Crippen molar-refractivity contribution in [2.75, 3.05) is 13.2 Å². The summed E-state index contributed by atoms with van der Waals surface area (Å²) in [6.07, 6.45) is -0.378. The van der Waals surface area contributed by atoms with E-state index in [1.165, 1.54) is 5.56 Å². The molecule has 2 N–H and O–H groups in total. The first-order valence-electron chi connectivity index (χ1n) is 4.99. The summed E-state index contributed by atoms with van der Waals surface area (Å²) in [6.45, 7) is 1.79. The van der Waals surface area contributed by atoms with E-state index in [4.69, 9.17) is 4.74 Å². The fourth-order valence-electron chi connectivity index (χ4n) is 1.63. The van der Waals surface area contributed by atoms with Gasteiger partial charge in [-0.2, -0.15) is 0 Å². The Morgan fingerprint density at radius 3 is 3.00 bits per heavy atom. The highest BCUT2D eigenvalue weighted by Gasteiger charge is 2.25. The van der Waals surface area contributed by atoms with Crippen molar-refractivity contribution in [1.29, 1.82) is 0 Å². The van der Waals surface area contributed by atoms with Gasteiger partial charge in [0, 0.05) is 11.0 Å². The van der Waals surface area contributed by atoms with Crippen molar-refractivity contribution in [3.8, 4) is 0 Å². The second-order valence-electron chi connectivity index (χ2n) is 3.72. The van der Waals surface area contributed by atoms with Crippen LogP contribution >= 0.6 is 15.9 Å². The first-order chi connectivity index (χ1) is 7.25. The van der Waals surface area contributed by atoms with E-state index in [-0.39, 0.29) is 12.1 Å². The molecule has 0 bridgehead atoms. The normalized spacial score (nSPS) is 25.7. The third kappa shape index (κ3) is 3.01. The van der Waals surface area contributed by atoms with Crippen LogP contribution < -0.4 is 5.32 Å². The van der Waals surface area contributed by atoms with Crippen LogP contribution in [-0.2, 0) is 11.3 Å². The summed E-state index contributed by atoms with van der Waals surface area (Å²) in [5, 5.41) is 12.8. The Hall–Kier alpha value is -0.420. The van der Waals surface area contributed by atoms with Crippen molar-refractivity contribution >= 4 is 15.9 Å². The van der Waals surface area contributed by atoms with Gasteiger partial charge in [-0.1, -0.05) is 28.1 Å². The van der Waals surface area contributed by atoms with Crippen LogP contribution in [0.2, 0.25) is 0 Å². The topological polar surface area (TPSA) is 41.5 Å². The van der Waals surface area contributed by atoms with E-state index in [0.717, 1.165) is 11.0 Å². The average Bonchev–Trinajstić information content (AvgIpc) is 2.61. The minimum Gasteiger partial charge on any atom is -0.389 e. The third-order valence-corrected chi connectivity index (χ3v) is 3.00. The molecule has 2 atom stereocenters. The summed E-state index contributed by atoms with van der Waals surface area (Å²) >= 11 is 3.43. The molecule has 3 nitrogen and oxygen atoms in total. The molecule has 1 aliphatic rings. The third-order valence-electron chi connectivity index (χ3n) is 2.51. The molecule has 1 aliphatic heterocycles. The van der Waals surface area contributed by atoms with Gasteiger partial charge in [0.25, 0.3) is 0 Å². The Kier molecular flexibility index (Phi) is 3.75. The van der Waals surface area contributed by atoms with E-state index >= 15 is 0 Å². The van der Waals surface area contributed by atoms with Gasteiger partial charge in [-0.15, -0.1) is 0 Å². The Morgan fingerprint density at radius 2 is 2.33 bits per heavy atom. The smallest absolute Gasteiger partial charge is 0.0948 e. The van der Waals surface area contributed by atoms with E-state index < -0.39 is 0 Å². The van der Waals surface area contributed by atoms with E-state index in [1.54, 1.807) is 0 Å². The zero-order valence-corrected chi connectivity index (χ0v) is 9.90. The number of rotatable bonds is 3. The minimum atomic E-state index is -0.378. The largest absolute Gasteiger partial charge is 0.389 e.